The van der Waals surface area contributed by atoms with E-state index in [1.165, 1.54) is 4.90 Å². The molecule has 0 unspecified atom stereocenters. The highest BCUT2D eigenvalue weighted by atomic mass is 16.5. The second-order valence-corrected chi connectivity index (χ2v) is 6.16. The molecular weight excluding hydrogens is 314 g/mol. The molecule has 2 rings (SSSR count). The number of aryl methyl sites for hydroxylation is 2. The minimum absolute atomic E-state index is 0.0210. The molecule has 0 N–H and O–H groups in total. The molecule has 0 aliphatic carbocycles. The lowest BCUT2D eigenvalue weighted by Crippen LogP contribution is -2.27. The van der Waals surface area contributed by atoms with Gasteiger partial charge in [-0.1, -0.05) is 29.8 Å². The van der Waals surface area contributed by atoms with Gasteiger partial charge >= 0.3 is 0 Å². The van der Waals surface area contributed by atoms with Crippen molar-refractivity contribution in [1.29, 1.82) is 0 Å². The van der Waals surface area contributed by atoms with Gasteiger partial charge in [0.1, 0.15) is 5.75 Å². The number of rotatable bonds is 6. The molecule has 2 aromatic carbocycles. The van der Waals surface area contributed by atoms with E-state index < -0.39 is 0 Å². The molecule has 0 heterocycles. The van der Waals surface area contributed by atoms with Crippen molar-refractivity contribution in [2.75, 3.05) is 20.7 Å². The molecule has 0 saturated carbocycles. The van der Waals surface area contributed by atoms with Crippen LogP contribution in [0.15, 0.2) is 48.5 Å². The van der Waals surface area contributed by atoms with Gasteiger partial charge in [0.15, 0.2) is 12.4 Å². The van der Waals surface area contributed by atoms with Gasteiger partial charge in [-0.15, -0.1) is 0 Å². The summed E-state index contributed by atoms with van der Waals surface area (Å²) in [6.45, 7) is 4.02. The Bertz CT molecular complexity index is 789. The Labute approximate surface area is 148 Å². The van der Waals surface area contributed by atoms with Crippen LogP contribution >= 0.6 is 0 Å². The average molecular weight is 337 g/mol. The van der Waals surface area contributed by atoms with E-state index in [0.717, 1.165) is 16.7 Å². The summed E-state index contributed by atoms with van der Waals surface area (Å²) < 4.78 is 5.40. The summed E-state index contributed by atoms with van der Waals surface area (Å²) in [5.74, 6) is 0.374. The first-order chi connectivity index (χ1) is 11.9. The van der Waals surface area contributed by atoms with Crippen molar-refractivity contribution in [1.82, 2.24) is 4.90 Å². The summed E-state index contributed by atoms with van der Waals surface area (Å²) in [5.41, 5.74) is 3.90. The van der Waals surface area contributed by atoms with E-state index in [1.54, 1.807) is 44.4 Å². The molecule has 0 bridgehead atoms. The number of allylic oxidation sites excluding steroid dienone is 1. The van der Waals surface area contributed by atoms with Crippen molar-refractivity contribution < 1.29 is 14.3 Å². The highest BCUT2D eigenvalue weighted by molar-refractivity contribution is 6.06. The van der Waals surface area contributed by atoms with Crippen LogP contribution in [0.3, 0.4) is 0 Å². The van der Waals surface area contributed by atoms with Gasteiger partial charge in [-0.05, 0) is 55.3 Å². The fourth-order valence-electron chi connectivity index (χ4n) is 2.19. The predicted molar refractivity (Wildman–Crippen MR) is 99.9 cm³/mol. The molecule has 130 valence electrons. The molecule has 4 heteroatoms. The normalized spacial score (nSPS) is 10.7. The van der Waals surface area contributed by atoms with Crippen LogP contribution in [0.25, 0.3) is 6.08 Å². The molecule has 1 amide bonds. The predicted octanol–water partition coefficient (Wildman–Crippen LogP) is 3.67. The summed E-state index contributed by atoms with van der Waals surface area (Å²) in [6, 6.07) is 12.9. The Morgan fingerprint density at radius 3 is 2.36 bits per heavy atom. The van der Waals surface area contributed by atoms with Crippen molar-refractivity contribution in [2.24, 2.45) is 0 Å². The Morgan fingerprint density at radius 1 is 1.04 bits per heavy atom. The van der Waals surface area contributed by atoms with E-state index in [9.17, 15) is 9.59 Å². The molecule has 0 aliphatic rings. The molecule has 25 heavy (non-hydrogen) atoms. The Morgan fingerprint density at radius 2 is 1.72 bits per heavy atom. The van der Waals surface area contributed by atoms with E-state index in [4.69, 9.17) is 4.74 Å². The van der Waals surface area contributed by atoms with Gasteiger partial charge < -0.3 is 9.64 Å². The van der Waals surface area contributed by atoms with E-state index in [2.05, 4.69) is 6.07 Å². The molecule has 0 atom stereocenters. The zero-order chi connectivity index (χ0) is 18.4. The summed E-state index contributed by atoms with van der Waals surface area (Å²) in [4.78, 5) is 25.3. The number of benzene rings is 2. The summed E-state index contributed by atoms with van der Waals surface area (Å²) in [6.07, 6.45) is 3.41. The number of likely N-dealkylation sites (N-methyl/N-ethyl adjacent to an activating group) is 1. The van der Waals surface area contributed by atoms with Crippen molar-refractivity contribution in [2.45, 2.75) is 13.8 Å². The van der Waals surface area contributed by atoms with Gasteiger partial charge in [0.05, 0.1) is 0 Å². The fourth-order valence-corrected chi connectivity index (χ4v) is 2.19. The number of ketones is 1. The number of nitrogens with zero attached hydrogens (tertiary/aromatic N) is 1. The van der Waals surface area contributed by atoms with Gasteiger partial charge in [-0.2, -0.15) is 0 Å². The highest BCUT2D eigenvalue weighted by Crippen LogP contribution is 2.15. The smallest absolute Gasteiger partial charge is 0.259 e. The first-order valence-electron chi connectivity index (χ1n) is 8.09. The van der Waals surface area contributed by atoms with Crippen molar-refractivity contribution in [3.8, 4) is 5.75 Å². The van der Waals surface area contributed by atoms with Crippen LogP contribution in [0.4, 0.5) is 0 Å². The first-order valence-corrected chi connectivity index (χ1v) is 8.09. The number of hydrogen-bond acceptors (Lipinski definition) is 3. The van der Waals surface area contributed by atoms with Crippen molar-refractivity contribution in [3.05, 3.63) is 70.8 Å². The van der Waals surface area contributed by atoms with E-state index in [-0.39, 0.29) is 18.3 Å². The molecular formula is C21H23NO3. The van der Waals surface area contributed by atoms with Gasteiger partial charge in [0.25, 0.3) is 5.91 Å². The molecule has 2 aromatic rings. The van der Waals surface area contributed by atoms with Crippen LogP contribution in [0.2, 0.25) is 0 Å². The number of hydrogen-bond donors (Lipinski definition) is 0. The Kier molecular flexibility index (Phi) is 6.12. The third kappa shape index (κ3) is 5.31. The van der Waals surface area contributed by atoms with Gasteiger partial charge in [-0.3, -0.25) is 9.59 Å². The second-order valence-electron chi connectivity index (χ2n) is 6.16. The Balaban J connectivity index is 2.01. The number of carbonyl (C=O) groups excluding carboxylic acids is 2. The summed E-state index contributed by atoms with van der Waals surface area (Å²) >= 11 is 0. The van der Waals surface area contributed by atoms with Crippen molar-refractivity contribution in [3.63, 3.8) is 0 Å². The van der Waals surface area contributed by atoms with Gasteiger partial charge in [0.2, 0.25) is 0 Å². The van der Waals surface area contributed by atoms with E-state index in [1.807, 2.05) is 32.1 Å². The maximum Gasteiger partial charge on any atom is 0.259 e. The van der Waals surface area contributed by atoms with Crippen LogP contribution in [-0.4, -0.2) is 37.3 Å². The van der Waals surface area contributed by atoms with Crippen molar-refractivity contribution >= 4 is 17.8 Å². The van der Waals surface area contributed by atoms with Crippen LogP contribution in [0, 0.1) is 13.8 Å². The molecule has 0 spiro atoms. The first kappa shape index (κ1) is 18.5. The molecule has 0 radical (unpaired) electrons. The van der Waals surface area contributed by atoms with Crippen LogP contribution in [-0.2, 0) is 4.79 Å². The topological polar surface area (TPSA) is 46.6 Å². The van der Waals surface area contributed by atoms with Gasteiger partial charge in [-0.25, -0.2) is 0 Å². The quantitative estimate of drug-likeness (QED) is 0.597. The number of ether oxygens (including phenoxy) is 1. The maximum atomic E-state index is 12.3. The monoisotopic (exact) mass is 337 g/mol. The SMILES string of the molecule is Cc1ccc(C)c(C=CC(=O)c2ccc(OCC(=O)N(C)C)cc2)c1. The summed E-state index contributed by atoms with van der Waals surface area (Å²) in [5, 5.41) is 0. The molecule has 0 aliphatic heterocycles. The lowest BCUT2D eigenvalue weighted by molar-refractivity contribution is -0.130. The minimum atomic E-state index is -0.114. The third-order valence-electron chi connectivity index (χ3n) is 3.85. The minimum Gasteiger partial charge on any atom is -0.484 e. The largest absolute Gasteiger partial charge is 0.484 e. The molecule has 0 aromatic heterocycles. The lowest BCUT2D eigenvalue weighted by atomic mass is 10.0. The molecule has 0 fully saturated rings. The lowest BCUT2D eigenvalue weighted by Gasteiger charge is -2.11. The summed E-state index contributed by atoms with van der Waals surface area (Å²) in [7, 11) is 3.35. The van der Waals surface area contributed by atoms with E-state index in [0.29, 0.717) is 11.3 Å². The molecule has 4 nitrogen and oxygen atoms in total. The zero-order valence-electron chi connectivity index (χ0n) is 15.1. The molecule has 0 saturated heterocycles. The standard InChI is InChI=1S/C21H23NO3/c1-15-5-6-16(2)18(13-15)9-12-20(23)17-7-10-19(11-8-17)25-14-21(24)22(3)4/h5-13H,14H2,1-4H3. The van der Waals surface area contributed by atoms with E-state index >= 15 is 0 Å². The Hall–Kier alpha value is -2.88. The fraction of sp³-hybridized carbons (Fsp3) is 0.238. The number of amides is 1. The number of carbonyl (C=O) groups is 2. The van der Waals surface area contributed by atoms with Crippen LogP contribution < -0.4 is 4.74 Å². The third-order valence-corrected chi connectivity index (χ3v) is 3.85. The zero-order valence-corrected chi connectivity index (χ0v) is 15.1. The highest BCUT2D eigenvalue weighted by Gasteiger charge is 2.06. The second kappa shape index (κ2) is 8.29. The average Bonchev–Trinajstić information content (AvgIpc) is 2.60. The maximum absolute atomic E-state index is 12.3. The van der Waals surface area contributed by atoms with Crippen LogP contribution in [0.5, 0.6) is 5.75 Å². The van der Waals surface area contributed by atoms with Gasteiger partial charge in [0, 0.05) is 19.7 Å². The van der Waals surface area contributed by atoms with Crippen LogP contribution in [0.1, 0.15) is 27.0 Å².